The quantitative estimate of drug-likeness (QED) is 0.105. The van der Waals surface area contributed by atoms with E-state index >= 15 is 0 Å². The number of aliphatic hydroxyl groups excluding tert-OH is 5. The van der Waals surface area contributed by atoms with Gasteiger partial charge in [-0.2, -0.15) is 8.42 Å². The first kappa shape index (κ1) is 29.6. The van der Waals surface area contributed by atoms with E-state index in [4.69, 9.17) is 28.2 Å². The van der Waals surface area contributed by atoms with Gasteiger partial charge in [0, 0.05) is 5.92 Å². The highest BCUT2D eigenvalue weighted by Crippen LogP contribution is 2.60. The van der Waals surface area contributed by atoms with Crippen molar-refractivity contribution in [2.75, 3.05) is 19.5 Å². The van der Waals surface area contributed by atoms with Crippen LogP contribution in [0.2, 0.25) is 0 Å². The average Bonchev–Trinajstić information content (AvgIpc) is 3.55. The van der Waals surface area contributed by atoms with Crippen LogP contribution in [-0.4, -0.2) is 124 Å². The molecule has 15 nitrogen and oxygen atoms in total. The Morgan fingerprint density at radius 3 is 2.28 bits per heavy atom. The molecule has 39 heavy (non-hydrogen) atoms. The van der Waals surface area contributed by atoms with Crippen molar-refractivity contribution in [2.24, 2.45) is 11.8 Å². The molecular formula is C23H30O15S. The number of benzene rings is 1. The van der Waals surface area contributed by atoms with Crippen molar-refractivity contribution in [2.45, 2.75) is 54.8 Å². The molecule has 1 aromatic rings. The number of fused-ring (bicyclic) bond motifs is 3. The molecule has 0 aromatic heterocycles. The maximum atomic E-state index is 12.7. The molecule has 1 aliphatic carbocycles. The third kappa shape index (κ3) is 6.04. The van der Waals surface area contributed by atoms with Gasteiger partial charge in [0.05, 0.1) is 37.2 Å². The highest BCUT2D eigenvalue weighted by atomic mass is 32.2. The Morgan fingerprint density at radius 2 is 1.69 bits per heavy atom. The molecule has 0 amide bonds. The Bertz CT molecular complexity index is 1150. The minimum Gasteiger partial charge on any atom is -0.508 e. The summed E-state index contributed by atoms with van der Waals surface area (Å²) in [7, 11) is -3.67. The summed E-state index contributed by atoms with van der Waals surface area (Å²) in [5.41, 5.74) is -0.907. The fourth-order valence-electron chi connectivity index (χ4n) is 5.08. The van der Waals surface area contributed by atoms with Gasteiger partial charge in [0.1, 0.15) is 48.0 Å². The van der Waals surface area contributed by atoms with Gasteiger partial charge >= 0.3 is 5.97 Å². The number of esters is 1. The third-order valence-corrected chi connectivity index (χ3v) is 6.94. The van der Waals surface area contributed by atoms with Gasteiger partial charge < -0.3 is 54.3 Å². The highest BCUT2D eigenvalue weighted by molar-refractivity contribution is 7.85. The Hall–Kier alpha value is -2.38. The van der Waals surface area contributed by atoms with Crippen molar-refractivity contribution in [1.29, 1.82) is 0 Å². The Labute approximate surface area is 222 Å². The lowest BCUT2D eigenvalue weighted by Gasteiger charge is -2.43. The molecule has 11 unspecified atom stereocenters. The average molecular weight is 579 g/mol. The molecule has 3 heterocycles. The maximum absolute atomic E-state index is 12.7. The van der Waals surface area contributed by atoms with E-state index in [9.17, 15) is 43.9 Å². The van der Waals surface area contributed by atoms with Gasteiger partial charge in [0.2, 0.25) is 6.29 Å². The number of ether oxygens (including phenoxy) is 5. The van der Waals surface area contributed by atoms with Crippen molar-refractivity contribution in [1.82, 2.24) is 0 Å². The molecular weight excluding hydrogens is 548 g/mol. The predicted octanol–water partition coefficient (Wildman–Crippen LogP) is -2.52. The van der Waals surface area contributed by atoms with Crippen LogP contribution in [0.5, 0.6) is 5.75 Å². The zero-order valence-electron chi connectivity index (χ0n) is 20.5. The molecule has 218 valence electrons. The van der Waals surface area contributed by atoms with Gasteiger partial charge in [-0.05, 0) is 30.3 Å². The van der Waals surface area contributed by atoms with E-state index in [0.717, 1.165) is 0 Å². The number of rotatable bonds is 6. The van der Waals surface area contributed by atoms with E-state index in [1.807, 2.05) is 0 Å². The second-order valence-electron chi connectivity index (χ2n) is 9.57. The van der Waals surface area contributed by atoms with E-state index in [0.29, 0.717) is 6.26 Å². The van der Waals surface area contributed by atoms with Crippen LogP contribution in [0, 0.1) is 11.8 Å². The number of epoxide rings is 1. The standard InChI is InChI=1S/C22H26O12.CH4O3S/c23-7-12-14(26)15(27)16(28)21(31-12)33-20-13-11(5-6-30-20)17(18-22(13,8-24)34-18)32-19(29)9-1-3-10(25)4-2-9;1-5(2,3)4/h1-6,11-18,20-21,23-28H,7-8H2;1H3,(H,2,3,4). The highest BCUT2D eigenvalue weighted by Gasteiger charge is 2.77. The van der Waals surface area contributed by atoms with Gasteiger partial charge in [0.15, 0.2) is 6.29 Å². The van der Waals surface area contributed by atoms with E-state index in [1.165, 1.54) is 30.5 Å². The van der Waals surface area contributed by atoms with Crippen LogP contribution in [0.3, 0.4) is 0 Å². The smallest absolute Gasteiger partial charge is 0.338 e. The van der Waals surface area contributed by atoms with Gasteiger partial charge in [-0.1, -0.05) is 0 Å². The lowest BCUT2D eigenvalue weighted by Crippen LogP contribution is -2.60. The predicted molar refractivity (Wildman–Crippen MR) is 125 cm³/mol. The van der Waals surface area contributed by atoms with E-state index < -0.39 is 95.9 Å². The zero-order chi connectivity index (χ0) is 28.7. The number of phenolic OH excluding ortho intramolecular Hbond substituents is 1. The summed E-state index contributed by atoms with van der Waals surface area (Å²) in [4.78, 5) is 12.7. The number of hydrogen-bond donors (Lipinski definition) is 7. The van der Waals surface area contributed by atoms with E-state index in [-0.39, 0.29) is 11.3 Å². The molecule has 5 rings (SSSR count). The first-order valence-electron chi connectivity index (χ1n) is 11.8. The topological polar surface area (TPSA) is 242 Å². The lowest BCUT2D eigenvalue weighted by atomic mass is 9.85. The van der Waals surface area contributed by atoms with Gasteiger partial charge in [-0.15, -0.1) is 0 Å². The molecule has 1 aromatic carbocycles. The monoisotopic (exact) mass is 578 g/mol. The second-order valence-corrected chi connectivity index (χ2v) is 11.0. The van der Waals surface area contributed by atoms with Gasteiger partial charge in [0.25, 0.3) is 10.1 Å². The number of hydrogen-bond acceptors (Lipinski definition) is 14. The van der Waals surface area contributed by atoms with E-state index in [1.54, 1.807) is 6.08 Å². The minimum absolute atomic E-state index is 0.00264. The number of carbonyl (C=O) groups excluding carboxylic acids is 1. The van der Waals surface area contributed by atoms with Crippen LogP contribution in [0.1, 0.15) is 10.4 Å². The molecule has 2 saturated heterocycles. The second kappa shape index (κ2) is 11.2. The molecule has 3 fully saturated rings. The van der Waals surface area contributed by atoms with Crippen molar-refractivity contribution >= 4 is 16.1 Å². The molecule has 0 radical (unpaired) electrons. The molecule has 1 saturated carbocycles. The Kier molecular flexibility index (Phi) is 8.53. The fourth-order valence-corrected chi connectivity index (χ4v) is 5.08. The largest absolute Gasteiger partial charge is 0.508 e. The molecule has 0 spiro atoms. The summed E-state index contributed by atoms with van der Waals surface area (Å²) in [6, 6.07) is 5.56. The number of aromatic hydroxyl groups is 1. The van der Waals surface area contributed by atoms with Crippen molar-refractivity contribution in [3.63, 3.8) is 0 Å². The number of aliphatic hydroxyl groups is 5. The third-order valence-electron chi connectivity index (χ3n) is 6.94. The molecule has 11 atom stereocenters. The molecule has 3 aliphatic heterocycles. The van der Waals surface area contributed by atoms with Crippen molar-refractivity contribution in [3.05, 3.63) is 42.2 Å². The van der Waals surface area contributed by atoms with Gasteiger partial charge in [-0.25, -0.2) is 4.79 Å². The fraction of sp³-hybridized carbons (Fsp3) is 0.609. The summed E-state index contributed by atoms with van der Waals surface area (Å²) >= 11 is 0. The van der Waals surface area contributed by atoms with Crippen LogP contribution in [-0.2, 0) is 33.8 Å². The van der Waals surface area contributed by atoms with E-state index in [2.05, 4.69) is 0 Å². The zero-order valence-corrected chi connectivity index (χ0v) is 21.3. The van der Waals surface area contributed by atoms with Crippen molar-refractivity contribution < 1.29 is 72.1 Å². The lowest BCUT2D eigenvalue weighted by molar-refractivity contribution is -0.344. The molecule has 7 N–H and O–H groups in total. The molecule has 16 heteroatoms. The molecule has 0 bridgehead atoms. The summed E-state index contributed by atoms with van der Waals surface area (Å²) in [5.74, 6) is -1.78. The van der Waals surface area contributed by atoms with Crippen LogP contribution in [0.15, 0.2) is 36.6 Å². The van der Waals surface area contributed by atoms with Crippen LogP contribution >= 0.6 is 0 Å². The normalized spacial score (nSPS) is 40.4. The first-order valence-corrected chi connectivity index (χ1v) is 13.6. The van der Waals surface area contributed by atoms with Gasteiger partial charge in [-0.3, -0.25) is 4.55 Å². The Morgan fingerprint density at radius 1 is 1.05 bits per heavy atom. The Balaban J connectivity index is 0.000000648. The summed E-state index contributed by atoms with van der Waals surface area (Å²) < 4.78 is 54.1. The number of carbonyl (C=O) groups is 1. The molecule has 4 aliphatic rings. The first-order chi connectivity index (χ1) is 18.3. The van der Waals surface area contributed by atoms with Crippen LogP contribution < -0.4 is 0 Å². The SMILES string of the molecule is CS(=O)(=O)O.O=C(OC1C2C=COC(OC3OC(CO)C(O)C(O)C3O)C2C2(CO)OC12)c1ccc(O)cc1. The summed E-state index contributed by atoms with van der Waals surface area (Å²) in [6.07, 6.45) is -6.28. The maximum Gasteiger partial charge on any atom is 0.338 e. The van der Waals surface area contributed by atoms with Crippen LogP contribution in [0.25, 0.3) is 0 Å². The number of phenols is 1. The minimum atomic E-state index is -3.67. The van der Waals surface area contributed by atoms with Crippen molar-refractivity contribution in [3.8, 4) is 5.75 Å². The summed E-state index contributed by atoms with van der Waals surface area (Å²) in [5, 5.41) is 59.3. The van der Waals surface area contributed by atoms with Crippen LogP contribution in [0.4, 0.5) is 0 Å². The summed E-state index contributed by atoms with van der Waals surface area (Å²) in [6.45, 7) is -1.04.